The van der Waals surface area contributed by atoms with Gasteiger partial charge in [-0.1, -0.05) is 6.92 Å². The number of hydrogen-bond donors (Lipinski definition) is 1. The third kappa shape index (κ3) is 2.96. The van der Waals surface area contributed by atoms with Gasteiger partial charge in [-0.2, -0.15) is 0 Å². The predicted octanol–water partition coefficient (Wildman–Crippen LogP) is 0.252. The standard InChI is InChI=1S/C10H19NO3/c1-3-14-9-4-8(2)5-11(6-9)10(13)7-12/h8-9,12H,3-7H2,1-2H3. The zero-order chi connectivity index (χ0) is 10.6. The molecule has 4 nitrogen and oxygen atoms in total. The fourth-order valence-electron chi connectivity index (χ4n) is 1.95. The van der Waals surface area contributed by atoms with Gasteiger partial charge in [0.25, 0.3) is 0 Å². The van der Waals surface area contributed by atoms with Crippen molar-refractivity contribution in [3.8, 4) is 0 Å². The molecule has 1 N–H and O–H groups in total. The molecular formula is C10H19NO3. The van der Waals surface area contributed by atoms with E-state index in [1.807, 2.05) is 6.92 Å². The van der Waals surface area contributed by atoms with Gasteiger partial charge in [0.2, 0.25) is 5.91 Å². The summed E-state index contributed by atoms with van der Waals surface area (Å²) in [4.78, 5) is 13.0. The fourth-order valence-corrected chi connectivity index (χ4v) is 1.95. The Hall–Kier alpha value is -0.610. The Morgan fingerprint density at radius 1 is 1.57 bits per heavy atom. The second-order valence-corrected chi connectivity index (χ2v) is 3.88. The summed E-state index contributed by atoms with van der Waals surface area (Å²) in [6, 6.07) is 0. The third-order valence-electron chi connectivity index (χ3n) is 2.51. The van der Waals surface area contributed by atoms with Crippen LogP contribution in [0.3, 0.4) is 0 Å². The average Bonchev–Trinajstić information content (AvgIpc) is 2.16. The number of aliphatic hydroxyl groups is 1. The average molecular weight is 201 g/mol. The molecule has 0 bridgehead atoms. The molecule has 1 saturated heterocycles. The van der Waals surface area contributed by atoms with E-state index >= 15 is 0 Å². The van der Waals surface area contributed by atoms with Crippen molar-refractivity contribution in [2.24, 2.45) is 5.92 Å². The number of ether oxygens (including phenoxy) is 1. The van der Waals surface area contributed by atoms with Crippen LogP contribution in [-0.2, 0) is 9.53 Å². The minimum Gasteiger partial charge on any atom is -0.387 e. The molecule has 1 amide bonds. The minimum absolute atomic E-state index is 0.138. The Labute approximate surface area is 84.8 Å². The van der Waals surface area contributed by atoms with Gasteiger partial charge in [-0.15, -0.1) is 0 Å². The molecule has 0 aromatic heterocycles. The van der Waals surface area contributed by atoms with Gasteiger partial charge in [-0.3, -0.25) is 4.79 Å². The minimum atomic E-state index is -0.397. The van der Waals surface area contributed by atoms with Crippen molar-refractivity contribution in [3.63, 3.8) is 0 Å². The van der Waals surface area contributed by atoms with Gasteiger partial charge in [-0.25, -0.2) is 0 Å². The molecule has 1 fully saturated rings. The number of carbonyl (C=O) groups excluding carboxylic acids is 1. The molecule has 4 heteroatoms. The number of nitrogens with zero attached hydrogens (tertiary/aromatic N) is 1. The molecule has 0 spiro atoms. The Bertz CT molecular complexity index is 196. The second kappa shape index (κ2) is 5.32. The molecule has 0 aromatic rings. The number of likely N-dealkylation sites (tertiary alicyclic amines) is 1. The van der Waals surface area contributed by atoms with Crippen LogP contribution in [0.25, 0.3) is 0 Å². The van der Waals surface area contributed by atoms with Crippen molar-refractivity contribution in [3.05, 3.63) is 0 Å². The summed E-state index contributed by atoms with van der Waals surface area (Å²) in [6.07, 6.45) is 1.14. The zero-order valence-corrected chi connectivity index (χ0v) is 8.90. The Morgan fingerprint density at radius 2 is 2.29 bits per heavy atom. The van der Waals surface area contributed by atoms with Gasteiger partial charge >= 0.3 is 0 Å². The van der Waals surface area contributed by atoms with Gasteiger partial charge in [-0.05, 0) is 19.3 Å². The molecule has 2 unspecified atom stereocenters. The van der Waals surface area contributed by atoms with Crippen molar-refractivity contribution < 1.29 is 14.6 Å². The SMILES string of the molecule is CCOC1CC(C)CN(C(=O)CO)C1. The van der Waals surface area contributed by atoms with E-state index in [2.05, 4.69) is 6.92 Å². The second-order valence-electron chi connectivity index (χ2n) is 3.88. The summed E-state index contributed by atoms with van der Waals surface area (Å²) >= 11 is 0. The van der Waals surface area contributed by atoms with E-state index in [0.717, 1.165) is 13.0 Å². The number of hydrogen-bond acceptors (Lipinski definition) is 3. The van der Waals surface area contributed by atoms with Gasteiger partial charge in [0.05, 0.1) is 6.10 Å². The van der Waals surface area contributed by atoms with Crippen LogP contribution in [0.4, 0.5) is 0 Å². The largest absolute Gasteiger partial charge is 0.387 e. The van der Waals surface area contributed by atoms with Crippen LogP contribution in [0, 0.1) is 5.92 Å². The first kappa shape index (κ1) is 11.5. The lowest BCUT2D eigenvalue weighted by atomic mass is 9.98. The topological polar surface area (TPSA) is 49.8 Å². The Kier molecular flexibility index (Phi) is 4.35. The molecule has 2 atom stereocenters. The first-order valence-corrected chi connectivity index (χ1v) is 5.17. The van der Waals surface area contributed by atoms with Crippen molar-refractivity contribution >= 4 is 5.91 Å². The third-order valence-corrected chi connectivity index (χ3v) is 2.51. The van der Waals surface area contributed by atoms with Crippen molar-refractivity contribution in [1.29, 1.82) is 0 Å². The number of carbonyl (C=O) groups is 1. The summed E-state index contributed by atoms with van der Waals surface area (Å²) in [6.45, 7) is 5.70. The summed E-state index contributed by atoms with van der Waals surface area (Å²) in [5.74, 6) is 0.261. The zero-order valence-electron chi connectivity index (χ0n) is 8.90. The van der Waals surface area contributed by atoms with Crippen molar-refractivity contribution in [2.45, 2.75) is 26.4 Å². The number of piperidine rings is 1. The normalized spacial score (nSPS) is 27.8. The number of aliphatic hydroxyl groups excluding tert-OH is 1. The van der Waals surface area contributed by atoms with E-state index in [4.69, 9.17) is 9.84 Å². The molecule has 0 radical (unpaired) electrons. The lowest BCUT2D eigenvalue weighted by molar-refractivity contribution is -0.139. The molecule has 14 heavy (non-hydrogen) atoms. The number of amides is 1. The van der Waals surface area contributed by atoms with Gasteiger partial charge < -0.3 is 14.7 Å². The van der Waals surface area contributed by atoms with Gasteiger partial charge in [0.1, 0.15) is 6.61 Å². The Morgan fingerprint density at radius 3 is 2.86 bits per heavy atom. The highest BCUT2D eigenvalue weighted by molar-refractivity contribution is 5.77. The molecule has 1 aliphatic heterocycles. The quantitative estimate of drug-likeness (QED) is 0.712. The van der Waals surface area contributed by atoms with Crippen LogP contribution in [0.2, 0.25) is 0 Å². The molecule has 1 rings (SSSR count). The van der Waals surface area contributed by atoms with Crippen LogP contribution in [0.15, 0.2) is 0 Å². The highest BCUT2D eigenvalue weighted by Gasteiger charge is 2.27. The molecule has 82 valence electrons. The van der Waals surface area contributed by atoms with E-state index in [0.29, 0.717) is 19.1 Å². The summed E-state index contributed by atoms with van der Waals surface area (Å²) in [5, 5.41) is 8.76. The van der Waals surface area contributed by atoms with Crippen LogP contribution in [-0.4, -0.2) is 48.3 Å². The maximum absolute atomic E-state index is 11.3. The number of rotatable bonds is 3. The lowest BCUT2D eigenvalue weighted by Gasteiger charge is -2.35. The maximum Gasteiger partial charge on any atom is 0.248 e. The van der Waals surface area contributed by atoms with E-state index in [9.17, 15) is 4.79 Å². The van der Waals surface area contributed by atoms with E-state index in [-0.39, 0.29) is 12.0 Å². The monoisotopic (exact) mass is 201 g/mol. The van der Waals surface area contributed by atoms with Gasteiger partial charge in [0.15, 0.2) is 0 Å². The predicted molar refractivity (Wildman–Crippen MR) is 52.9 cm³/mol. The first-order valence-electron chi connectivity index (χ1n) is 5.17. The summed E-state index contributed by atoms with van der Waals surface area (Å²) in [7, 11) is 0. The van der Waals surface area contributed by atoms with Crippen LogP contribution >= 0.6 is 0 Å². The highest BCUT2D eigenvalue weighted by atomic mass is 16.5. The molecule has 0 saturated carbocycles. The Balaban J connectivity index is 2.49. The van der Waals surface area contributed by atoms with E-state index in [1.165, 1.54) is 0 Å². The lowest BCUT2D eigenvalue weighted by Crippen LogP contribution is -2.47. The molecule has 1 aliphatic rings. The fraction of sp³-hybridized carbons (Fsp3) is 0.900. The van der Waals surface area contributed by atoms with Crippen molar-refractivity contribution in [2.75, 3.05) is 26.3 Å². The van der Waals surface area contributed by atoms with Gasteiger partial charge in [0, 0.05) is 19.7 Å². The van der Waals surface area contributed by atoms with E-state index in [1.54, 1.807) is 4.90 Å². The van der Waals surface area contributed by atoms with Crippen LogP contribution < -0.4 is 0 Å². The highest BCUT2D eigenvalue weighted by Crippen LogP contribution is 2.18. The molecular weight excluding hydrogens is 182 g/mol. The first-order chi connectivity index (χ1) is 6.67. The van der Waals surface area contributed by atoms with Crippen LogP contribution in [0.5, 0.6) is 0 Å². The smallest absolute Gasteiger partial charge is 0.248 e. The van der Waals surface area contributed by atoms with Crippen molar-refractivity contribution in [1.82, 2.24) is 4.90 Å². The molecule has 0 aliphatic carbocycles. The van der Waals surface area contributed by atoms with Crippen LogP contribution in [0.1, 0.15) is 20.3 Å². The van der Waals surface area contributed by atoms with E-state index < -0.39 is 6.61 Å². The maximum atomic E-state index is 11.3. The summed E-state index contributed by atoms with van der Waals surface area (Å²) in [5.41, 5.74) is 0. The summed E-state index contributed by atoms with van der Waals surface area (Å²) < 4.78 is 5.50. The molecule has 1 heterocycles. The molecule has 0 aromatic carbocycles.